The van der Waals surface area contributed by atoms with E-state index in [1.54, 1.807) is 18.5 Å². The molecule has 1 aromatic carbocycles. The van der Waals surface area contributed by atoms with Gasteiger partial charge in [-0.1, -0.05) is 6.92 Å². The van der Waals surface area contributed by atoms with Crippen LogP contribution in [0.5, 0.6) is 5.75 Å². The topological polar surface area (TPSA) is 81.4 Å². The maximum atomic E-state index is 12.3. The van der Waals surface area contributed by atoms with Crippen LogP contribution in [0.1, 0.15) is 30.7 Å². The second kappa shape index (κ2) is 7.70. The number of carbonyl (C=O) groups excluding carboxylic acids is 1. The van der Waals surface area contributed by atoms with Crippen LogP contribution < -0.4 is 15.7 Å². The number of aryl methyl sites for hydroxylation is 2. The van der Waals surface area contributed by atoms with E-state index in [0.29, 0.717) is 24.3 Å². The van der Waals surface area contributed by atoms with E-state index in [1.807, 2.05) is 25.3 Å². The van der Waals surface area contributed by atoms with Gasteiger partial charge in [0.05, 0.1) is 23.1 Å². The molecule has 0 saturated heterocycles. The van der Waals surface area contributed by atoms with Crippen LogP contribution in [0.25, 0.3) is 11.0 Å². The van der Waals surface area contributed by atoms with E-state index in [2.05, 4.69) is 10.3 Å². The van der Waals surface area contributed by atoms with Gasteiger partial charge in [-0.25, -0.2) is 9.78 Å². The largest absolute Gasteiger partial charge is 0.480 e. The number of aromatic nitrogens is 1. The first-order valence-electron chi connectivity index (χ1n) is 8.36. The molecule has 1 N–H and O–H groups in total. The van der Waals surface area contributed by atoms with Crippen molar-refractivity contribution in [1.82, 2.24) is 10.3 Å². The van der Waals surface area contributed by atoms with Gasteiger partial charge >= 0.3 is 5.63 Å². The fourth-order valence-corrected chi connectivity index (χ4v) is 3.29. The maximum absolute atomic E-state index is 12.3. The maximum Gasteiger partial charge on any atom is 0.336 e. The first kappa shape index (κ1) is 18.1. The van der Waals surface area contributed by atoms with Gasteiger partial charge in [-0.15, -0.1) is 11.3 Å². The van der Waals surface area contributed by atoms with Crippen molar-refractivity contribution in [1.29, 1.82) is 0 Å². The summed E-state index contributed by atoms with van der Waals surface area (Å²) < 4.78 is 11.3. The summed E-state index contributed by atoms with van der Waals surface area (Å²) in [6.07, 6.45) is -0.0402. The third-order valence-electron chi connectivity index (χ3n) is 4.02. The van der Waals surface area contributed by atoms with E-state index in [0.717, 1.165) is 22.2 Å². The van der Waals surface area contributed by atoms with Crippen molar-refractivity contribution in [3.63, 3.8) is 0 Å². The zero-order valence-electron chi connectivity index (χ0n) is 14.9. The molecule has 0 saturated carbocycles. The van der Waals surface area contributed by atoms with Crippen molar-refractivity contribution in [2.75, 3.05) is 0 Å². The Hall–Kier alpha value is -2.67. The number of fused-ring (bicyclic) bond motifs is 1. The lowest BCUT2D eigenvalue weighted by Gasteiger charge is -2.17. The number of rotatable bonds is 6. The lowest BCUT2D eigenvalue weighted by Crippen LogP contribution is -2.36. The average molecular weight is 372 g/mol. The highest BCUT2D eigenvalue weighted by Gasteiger charge is 2.18. The van der Waals surface area contributed by atoms with Crippen LogP contribution in [0.4, 0.5) is 0 Å². The van der Waals surface area contributed by atoms with E-state index in [-0.39, 0.29) is 11.5 Å². The number of amides is 1. The molecule has 0 radical (unpaired) electrons. The quantitative estimate of drug-likeness (QED) is 0.672. The monoisotopic (exact) mass is 372 g/mol. The number of hydrogen-bond donors (Lipinski definition) is 1. The molecule has 2 aromatic heterocycles. The number of benzene rings is 1. The zero-order valence-corrected chi connectivity index (χ0v) is 15.7. The normalized spacial score (nSPS) is 12.1. The van der Waals surface area contributed by atoms with Crippen molar-refractivity contribution in [2.24, 2.45) is 0 Å². The summed E-state index contributed by atoms with van der Waals surface area (Å²) in [5.41, 5.74) is 4.34. The van der Waals surface area contributed by atoms with Gasteiger partial charge in [0, 0.05) is 11.4 Å². The number of nitrogens with one attached hydrogen (secondary N) is 1. The minimum atomic E-state index is -0.699. The van der Waals surface area contributed by atoms with E-state index in [4.69, 9.17) is 9.15 Å². The van der Waals surface area contributed by atoms with Gasteiger partial charge in [0.25, 0.3) is 5.91 Å². The van der Waals surface area contributed by atoms with E-state index in [9.17, 15) is 9.59 Å². The van der Waals surface area contributed by atoms with Gasteiger partial charge in [0.1, 0.15) is 11.3 Å². The minimum Gasteiger partial charge on any atom is -0.480 e. The Bertz CT molecular complexity index is 979. The molecular formula is C19H20N2O4S. The predicted molar refractivity (Wildman–Crippen MR) is 101 cm³/mol. The molecule has 0 aliphatic carbocycles. The minimum absolute atomic E-state index is 0.233. The standard InChI is InChI=1S/C19H20N2O4S/c1-4-13-7-17(22)25-16-6-11(2)5-15(18(13)16)24-12(3)19(23)20-8-14-9-26-10-21-14/h5-7,9-10,12H,4,8H2,1-3H3,(H,20,23). The summed E-state index contributed by atoms with van der Waals surface area (Å²) in [4.78, 5) is 28.2. The summed E-state index contributed by atoms with van der Waals surface area (Å²) in [6.45, 7) is 5.90. The molecule has 2 heterocycles. The summed E-state index contributed by atoms with van der Waals surface area (Å²) in [7, 11) is 0. The molecule has 3 rings (SSSR count). The molecule has 1 unspecified atom stereocenters. The second-order valence-corrected chi connectivity index (χ2v) is 6.76. The van der Waals surface area contributed by atoms with Crippen molar-refractivity contribution in [3.8, 4) is 5.75 Å². The zero-order chi connectivity index (χ0) is 18.7. The van der Waals surface area contributed by atoms with Crippen LogP contribution in [0.3, 0.4) is 0 Å². The van der Waals surface area contributed by atoms with Gasteiger partial charge in [-0.3, -0.25) is 4.79 Å². The molecule has 0 aliphatic rings. The number of nitrogens with zero attached hydrogens (tertiary/aromatic N) is 1. The van der Waals surface area contributed by atoms with Gasteiger partial charge < -0.3 is 14.5 Å². The van der Waals surface area contributed by atoms with Crippen molar-refractivity contribution < 1.29 is 13.9 Å². The van der Waals surface area contributed by atoms with Crippen LogP contribution in [0, 0.1) is 6.92 Å². The number of carbonyl (C=O) groups is 1. The van der Waals surface area contributed by atoms with Gasteiger partial charge in [0.15, 0.2) is 6.10 Å². The van der Waals surface area contributed by atoms with Crippen molar-refractivity contribution in [3.05, 3.63) is 56.3 Å². The number of ether oxygens (including phenoxy) is 1. The molecule has 1 atom stereocenters. The highest BCUT2D eigenvalue weighted by atomic mass is 32.1. The van der Waals surface area contributed by atoms with Crippen LogP contribution >= 0.6 is 11.3 Å². The molecular weight excluding hydrogens is 352 g/mol. The molecule has 136 valence electrons. The average Bonchev–Trinajstić information content (AvgIpc) is 3.11. The molecule has 26 heavy (non-hydrogen) atoms. The Kier molecular flexibility index (Phi) is 5.37. The van der Waals surface area contributed by atoms with Gasteiger partial charge in [0.2, 0.25) is 0 Å². The highest BCUT2D eigenvalue weighted by molar-refractivity contribution is 7.07. The van der Waals surface area contributed by atoms with Gasteiger partial charge in [-0.2, -0.15) is 0 Å². The van der Waals surface area contributed by atoms with Crippen LogP contribution in [-0.4, -0.2) is 17.0 Å². The van der Waals surface area contributed by atoms with Gasteiger partial charge in [-0.05, 0) is 43.5 Å². The number of thiazole rings is 1. The Morgan fingerprint density at radius 3 is 2.88 bits per heavy atom. The van der Waals surface area contributed by atoms with E-state index < -0.39 is 6.10 Å². The molecule has 0 spiro atoms. The molecule has 7 heteroatoms. The Labute approximate surface area is 154 Å². The summed E-state index contributed by atoms with van der Waals surface area (Å²) in [5, 5.41) is 5.43. The molecule has 0 aliphatic heterocycles. The number of hydrogen-bond acceptors (Lipinski definition) is 6. The summed E-state index contributed by atoms with van der Waals surface area (Å²) in [6, 6.07) is 5.12. The van der Waals surface area contributed by atoms with E-state index in [1.165, 1.54) is 17.4 Å². The highest BCUT2D eigenvalue weighted by Crippen LogP contribution is 2.31. The van der Waals surface area contributed by atoms with E-state index >= 15 is 0 Å². The Morgan fingerprint density at radius 2 is 2.19 bits per heavy atom. The van der Waals surface area contributed by atoms with Crippen LogP contribution in [-0.2, 0) is 17.8 Å². The molecule has 1 amide bonds. The van der Waals surface area contributed by atoms with Crippen molar-refractivity contribution >= 4 is 28.2 Å². The Morgan fingerprint density at radius 1 is 1.38 bits per heavy atom. The first-order chi connectivity index (χ1) is 12.5. The smallest absolute Gasteiger partial charge is 0.336 e. The van der Waals surface area contributed by atoms with Crippen LogP contribution in [0.15, 0.2) is 38.3 Å². The lowest BCUT2D eigenvalue weighted by atomic mass is 10.0. The van der Waals surface area contributed by atoms with Crippen molar-refractivity contribution in [2.45, 2.75) is 39.8 Å². The van der Waals surface area contributed by atoms with Crippen LogP contribution in [0.2, 0.25) is 0 Å². The molecule has 0 bridgehead atoms. The fourth-order valence-electron chi connectivity index (χ4n) is 2.73. The molecule has 3 aromatic rings. The predicted octanol–water partition coefficient (Wildman–Crippen LogP) is 3.20. The second-order valence-electron chi connectivity index (χ2n) is 6.04. The fraction of sp³-hybridized carbons (Fsp3) is 0.316. The molecule has 0 fully saturated rings. The Balaban J connectivity index is 1.85. The summed E-state index contributed by atoms with van der Waals surface area (Å²) in [5.74, 6) is 0.306. The SMILES string of the molecule is CCc1cc(=O)oc2cc(C)cc(OC(C)C(=O)NCc3cscn3)c12. The third kappa shape index (κ3) is 3.94. The summed E-state index contributed by atoms with van der Waals surface area (Å²) >= 11 is 1.48. The third-order valence-corrected chi connectivity index (χ3v) is 4.65. The first-order valence-corrected chi connectivity index (χ1v) is 9.31. The molecule has 6 nitrogen and oxygen atoms in total. The lowest BCUT2D eigenvalue weighted by molar-refractivity contribution is -0.127.